The van der Waals surface area contributed by atoms with Gasteiger partial charge in [-0.05, 0) is 77.3 Å². The Morgan fingerprint density at radius 1 is 1.10 bits per heavy atom. The molecule has 5 aliphatic rings. The Kier molecular flexibility index (Phi) is 10.2. The molecule has 0 radical (unpaired) electrons. The van der Waals surface area contributed by atoms with E-state index in [0.29, 0.717) is 43.2 Å². The van der Waals surface area contributed by atoms with Gasteiger partial charge in [-0.25, -0.2) is 22.4 Å². The maximum absolute atomic E-state index is 14.4. The molecule has 6 rings (SSSR count). The van der Waals surface area contributed by atoms with Gasteiger partial charge in [0.2, 0.25) is 11.8 Å². The number of nitrogens with one attached hydrogen (secondary N) is 2. The van der Waals surface area contributed by atoms with Crippen molar-refractivity contribution in [3.63, 3.8) is 0 Å². The lowest BCUT2D eigenvalue weighted by Gasteiger charge is -2.30. The van der Waals surface area contributed by atoms with Gasteiger partial charge in [0.15, 0.2) is 9.84 Å². The van der Waals surface area contributed by atoms with Crippen LogP contribution < -0.4 is 10.6 Å². The van der Waals surface area contributed by atoms with Crippen LogP contribution in [0.1, 0.15) is 96.1 Å². The molecule has 1 saturated heterocycles. The highest BCUT2D eigenvalue weighted by Crippen LogP contribution is 2.48. The van der Waals surface area contributed by atoms with Gasteiger partial charge in [0.1, 0.15) is 29.6 Å². The van der Waals surface area contributed by atoms with Crippen molar-refractivity contribution in [3.8, 4) is 0 Å². The Balaban J connectivity index is 1.23. The number of carbonyl (C=O) groups is 4. The van der Waals surface area contributed by atoms with Crippen LogP contribution in [0.5, 0.6) is 0 Å². The van der Waals surface area contributed by atoms with Crippen molar-refractivity contribution in [2.24, 2.45) is 5.92 Å². The Labute approximate surface area is 293 Å². The molecule has 14 heteroatoms. The summed E-state index contributed by atoms with van der Waals surface area (Å²) in [5, 5.41) is 5.56. The average Bonchev–Trinajstić information content (AvgIpc) is 3.91. The van der Waals surface area contributed by atoms with Gasteiger partial charge in [-0.15, -0.1) is 0 Å². The minimum absolute atomic E-state index is 0.00851. The van der Waals surface area contributed by atoms with Gasteiger partial charge in [0.25, 0.3) is 0 Å². The zero-order valence-corrected chi connectivity index (χ0v) is 29.9. The Hall–Kier alpha value is -3.68. The molecule has 0 unspecified atom stereocenters. The van der Waals surface area contributed by atoms with Crippen molar-refractivity contribution < 1.29 is 41.5 Å². The molecule has 1 aromatic rings. The molecule has 2 N–H and O–H groups in total. The summed E-state index contributed by atoms with van der Waals surface area (Å²) >= 11 is 0. The van der Waals surface area contributed by atoms with E-state index in [0.717, 1.165) is 19.3 Å². The zero-order chi connectivity index (χ0) is 35.8. The molecule has 1 aromatic carbocycles. The zero-order valence-electron chi connectivity index (χ0n) is 29.1. The lowest BCUT2D eigenvalue weighted by Crippen LogP contribution is -2.55. The summed E-state index contributed by atoms with van der Waals surface area (Å²) in [5.41, 5.74) is -0.446. The first kappa shape index (κ1) is 36.1. The number of nitrogens with zero attached hydrogens (tertiary/aromatic N) is 2. The fourth-order valence-corrected chi connectivity index (χ4v) is 9.22. The third-order valence-electron chi connectivity index (χ3n) is 10.4. The van der Waals surface area contributed by atoms with Crippen molar-refractivity contribution in [3.05, 3.63) is 47.3 Å². The molecule has 0 aromatic heterocycles. The number of hydrogen-bond acceptors (Lipinski definition) is 8. The molecule has 274 valence electrons. The minimum Gasteiger partial charge on any atom is -0.444 e. The Morgan fingerprint density at radius 2 is 1.88 bits per heavy atom. The standard InChI is InChI=1S/C36H49FN4O8S/c1-35(2,3)49-33(44)38-29-13-8-6-4-5-7-11-24-19-36(24,16-17-50(46,47)26-14-15-26)39-31(42)30-18-25(21-41(30)32(29)43)48-34(45)40-20-23-10-9-12-28(37)27(23)22-40/h7,9-12,24-26,29-30H,4-6,8,13-22H2,1-3H3,(H,38,44)(H,39,42)/b11-7-/t24-,25-,29+,30+,36-/m1/s1. The second-order valence-corrected chi connectivity index (χ2v) is 17.9. The summed E-state index contributed by atoms with van der Waals surface area (Å²) in [5.74, 6) is -1.42. The number of carbonyl (C=O) groups excluding carboxylic acids is 4. The number of alkyl carbamates (subject to hydrolysis) is 1. The van der Waals surface area contributed by atoms with Crippen LogP contribution in [-0.4, -0.2) is 89.1 Å². The van der Waals surface area contributed by atoms with E-state index in [4.69, 9.17) is 9.47 Å². The van der Waals surface area contributed by atoms with E-state index in [1.807, 2.05) is 0 Å². The van der Waals surface area contributed by atoms with E-state index < -0.39 is 69.0 Å². The fraction of sp³-hybridized carbons (Fsp3) is 0.667. The van der Waals surface area contributed by atoms with Crippen molar-refractivity contribution >= 4 is 33.8 Å². The third-order valence-corrected chi connectivity index (χ3v) is 12.7. The molecule has 2 saturated carbocycles. The second kappa shape index (κ2) is 14.1. The van der Waals surface area contributed by atoms with Crippen LogP contribution in [-0.2, 0) is 42.0 Å². The first-order chi connectivity index (χ1) is 23.6. The first-order valence-corrected chi connectivity index (χ1v) is 19.6. The van der Waals surface area contributed by atoms with Crippen LogP contribution in [0.25, 0.3) is 0 Å². The van der Waals surface area contributed by atoms with Crippen molar-refractivity contribution in [2.45, 2.75) is 133 Å². The number of hydrogen-bond donors (Lipinski definition) is 2. The van der Waals surface area contributed by atoms with E-state index in [9.17, 15) is 32.0 Å². The molecular formula is C36H49FN4O8S. The number of fused-ring (bicyclic) bond motifs is 3. The van der Waals surface area contributed by atoms with E-state index in [-0.39, 0.29) is 49.4 Å². The van der Waals surface area contributed by atoms with Gasteiger partial charge < -0.3 is 25.0 Å². The quantitative estimate of drug-likeness (QED) is 0.409. The molecule has 5 atom stereocenters. The van der Waals surface area contributed by atoms with Crippen LogP contribution in [0.3, 0.4) is 0 Å². The summed E-state index contributed by atoms with van der Waals surface area (Å²) in [6.07, 6.45) is 7.48. The predicted octanol–water partition coefficient (Wildman–Crippen LogP) is 4.50. The maximum atomic E-state index is 14.4. The van der Waals surface area contributed by atoms with Crippen molar-refractivity contribution in [1.29, 1.82) is 0 Å². The van der Waals surface area contributed by atoms with Crippen LogP contribution in [0.4, 0.5) is 14.0 Å². The highest BCUT2D eigenvalue weighted by molar-refractivity contribution is 7.92. The highest BCUT2D eigenvalue weighted by Gasteiger charge is 2.56. The van der Waals surface area contributed by atoms with E-state index in [1.165, 1.54) is 15.9 Å². The van der Waals surface area contributed by atoms with Crippen molar-refractivity contribution in [2.75, 3.05) is 12.3 Å². The second-order valence-electron chi connectivity index (χ2n) is 15.5. The molecule has 0 spiro atoms. The van der Waals surface area contributed by atoms with Crippen LogP contribution in [0, 0.1) is 11.7 Å². The molecule has 3 aliphatic heterocycles. The monoisotopic (exact) mass is 716 g/mol. The van der Waals surface area contributed by atoms with Gasteiger partial charge in [-0.3, -0.25) is 14.5 Å². The van der Waals surface area contributed by atoms with Gasteiger partial charge in [0.05, 0.1) is 24.1 Å². The molecule has 2 aliphatic carbocycles. The molecule has 4 amide bonds. The summed E-state index contributed by atoms with van der Waals surface area (Å²) in [7, 11) is -3.27. The van der Waals surface area contributed by atoms with Crippen LogP contribution in [0.2, 0.25) is 0 Å². The minimum atomic E-state index is -3.27. The smallest absolute Gasteiger partial charge is 0.410 e. The van der Waals surface area contributed by atoms with Crippen LogP contribution >= 0.6 is 0 Å². The molecule has 12 nitrogen and oxygen atoms in total. The Bertz CT molecular complexity index is 1640. The first-order valence-electron chi connectivity index (χ1n) is 17.9. The predicted molar refractivity (Wildman–Crippen MR) is 182 cm³/mol. The van der Waals surface area contributed by atoms with E-state index in [1.54, 1.807) is 32.9 Å². The number of ether oxygens (including phenoxy) is 2. The third kappa shape index (κ3) is 8.43. The Morgan fingerprint density at radius 3 is 2.60 bits per heavy atom. The molecule has 3 heterocycles. The van der Waals surface area contributed by atoms with Gasteiger partial charge in [-0.2, -0.15) is 0 Å². The van der Waals surface area contributed by atoms with Crippen LogP contribution in [0.15, 0.2) is 30.4 Å². The van der Waals surface area contributed by atoms with Crippen molar-refractivity contribution in [1.82, 2.24) is 20.4 Å². The molecule has 3 fully saturated rings. The lowest BCUT2D eigenvalue weighted by molar-refractivity contribution is -0.140. The topological polar surface area (TPSA) is 151 Å². The van der Waals surface area contributed by atoms with E-state index in [2.05, 4.69) is 22.8 Å². The number of benzene rings is 1. The number of amides is 4. The maximum Gasteiger partial charge on any atom is 0.410 e. The number of rotatable bonds is 6. The number of sulfone groups is 1. The van der Waals surface area contributed by atoms with Gasteiger partial charge >= 0.3 is 12.2 Å². The summed E-state index contributed by atoms with van der Waals surface area (Å²) < 4.78 is 51.4. The summed E-state index contributed by atoms with van der Waals surface area (Å²) in [6, 6.07) is 2.66. The SMILES string of the molecule is CC(C)(C)OC(=O)N[C@H]1CCCCC/C=C\[C@@H]2C[C@@]2(CCS(=O)(=O)C2CC2)NC(=O)[C@@H]2C[C@@H](OC(=O)N3Cc4cccc(F)c4C3)CN2C1=O. The largest absolute Gasteiger partial charge is 0.444 e. The normalized spacial score (nSPS) is 29.4. The highest BCUT2D eigenvalue weighted by atomic mass is 32.2. The van der Waals surface area contributed by atoms with E-state index >= 15 is 0 Å². The van der Waals surface area contributed by atoms with Gasteiger partial charge in [-0.1, -0.05) is 37.1 Å². The summed E-state index contributed by atoms with van der Waals surface area (Å²) in [4.78, 5) is 57.4. The molecule has 50 heavy (non-hydrogen) atoms. The average molecular weight is 717 g/mol. The molecular weight excluding hydrogens is 667 g/mol. The fourth-order valence-electron chi connectivity index (χ4n) is 7.38. The van der Waals surface area contributed by atoms with Gasteiger partial charge in [0, 0.05) is 30.0 Å². The lowest BCUT2D eigenvalue weighted by atomic mass is 10.0. The number of halogens is 1. The number of allylic oxidation sites excluding steroid dienone is 1. The summed E-state index contributed by atoms with van der Waals surface area (Å²) in [6.45, 7) is 5.31. The molecule has 0 bridgehead atoms.